The summed E-state index contributed by atoms with van der Waals surface area (Å²) in [4.78, 5) is 24.1. The monoisotopic (exact) mass is 247 g/mol. The molecule has 0 aromatic rings. The molecule has 0 spiro atoms. The van der Waals surface area contributed by atoms with Crippen LogP contribution in [-0.4, -0.2) is 27.9 Å². The highest BCUT2D eigenvalue weighted by molar-refractivity contribution is 8.28. The predicted octanol–water partition coefficient (Wildman–Crippen LogP) is 1.11. The van der Waals surface area contributed by atoms with Crippen molar-refractivity contribution in [3.8, 4) is 0 Å². The molecule has 14 heavy (non-hydrogen) atoms. The van der Waals surface area contributed by atoms with E-state index in [-0.39, 0.29) is 0 Å². The Morgan fingerprint density at radius 1 is 1.14 bits per heavy atom. The van der Waals surface area contributed by atoms with Crippen LogP contribution in [0.3, 0.4) is 0 Å². The third-order valence-electron chi connectivity index (χ3n) is 1.29. The maximum absolute atomic E-state index is 10.0. The molecule has 0 fully saturated rings. The van der Waals surface area contributed by atoms with E-state index in [2.05, 4.69) is 6.92 Å². The molecule has 0 saturated carbocycles. The molecular formula is C6H19NO5P2. The highest BCUT2D eigenvalue weighted by Gasteiger charge is 2.33. The van der Waals surface area contributed by atoms with E-state index in [9.17, 15) is 9.13 Å². The van der Waals surface area contributed by atoms with Gasteiger partial charge in [0.1, 0.15) is 0 Å². The minimum absolute atomic E-state index is 0.619. The summed E-state index contributed by atoms with van der Waals surface area (Å²) >= 11 is 0. The number of nitrogens with two attached hydrogens (primary N) is 1. The standard InChI is InChI=1S/C5H13N.CH6O5P2/c1-2-3-4-5-6;1-7(2,3)8(4,5)6/h2-6H2,1H3;1H3,(H,2,3)(H2,4,5,6). The Balaban J connectivity index is 0. The lowest BCUT2D eigenvalue weighted by Crippen LogP contribution is -1.96. The van der Waals surface area contributed by atoms with E-state index in [1.165, 1.54) is 19.3 Å². The smallest absolute Gasteiger partial charge is 0.336 e. The average molecular weight is 247 g/mol. The normalized spacial score (nSPS) is 15.3. The molecule has 0 aliphatic carbocycles. The van der Waals surface area contributed by atoms with Crippen molar-refractivity contribution in [3.05, 3.63) is 0 Å². The number of unbranched alkanes of at least 4 members (excludes halogenated alkanes) is 2. The average Bonchev–Trinajstić information content (AvgIpc) is 1.98. The van der Waals surface area contributed by atoms with Crippen molar-refractivity contribution in [1.29, 1.82) is 0 Å². The quantitative estimate of drug-likeness (QED) is 0.436. The van der Waals surface area contributed by atoms with Crippen molar-refractivity contribution in [3.63, 3.8) is 0 Å². The summed E-state index contributed by atoms with van der Waals surface area (Å²) in [5.74, 6) is 0. The molecule has 0 aromatic carbocycles. The van der Waals surface area contributed by atoms with Gasteiger partial charge in [0.05, 0.1) is 0 Å². The third-order valence-corrected chi connectivity index (χ3v) is 5.16. The van der Waals surface area contributed by atoms with Crippen molar-refractivity contribution in [2.45, 2.75) is 26.2 Å². The zero-order chi connectivity index (χ0) is 11.8. The first-order chi connectivity index (χ1) is 6.16. The molecule has 0 aliphatic heterocycles. The summed E-state index contributed by atoms with van der Waals surface area (Å²) in [6.45, 7) is 3.65. The second-order valence-electron chi connectivity index (χ2n) is 2.84. The molecule has 5 N–H and O–H groups in total. The van der Waals surface area contributed by atoms with Crippen LogP contribution in [0.2, 0.25) is 0 Å². The summed E-state index contributed by atoms with van der Waals surface area (Å²) in [5.41, 5.74) is 5.21. The van der Waals surface area contributed by atoms with E-state index in [1.54, 1.807) is 0 Å². The Bertz CT molecular complexity index is 196. The van der Waals surface area contributed by atoms with Crippen molar-refractivity contribution < 1.29 is 23.8 Å². The topological polar surface area (TPSA) is 121 Å². The fourth-order valence-corrected chi connectivity index (χ4v) is 0.394. The van der Waals surface area contributed by atoms with Crippen LogP contribution in [0.15, 0.2) is 0 Å². The summed E-state index contributed by atoms with van der Waals surface area (Å²) in [6.07, 6.45) is 3.75. The number of rotatable bonds is 4. The summed E-state index contributed by atoms with van der Waals surface area (Å²) in [5, 5.41) is 0. The van der Waals surface area contributed by atoms with Gasteiger partial charge in [0, 0.05) is 6.66 Å². The van der Waals surface area contributed by atoms with E-state index in [4.69, 9.17) is 20.4 Å². The molecule has 6 nitrogen and oxygen atoms in total. The lowest BCUT2D eigenvalue weighted by Gasteiger charge is -2.04. The van der Waals surface area contributed by atoms with E-state index in [0.717, 1.165) is 6.54 Å². The first-order valence-corrected chi connectivity index (χ1v) is 8.65. The molecule has 0 amide bonds. The Kier molecular flexibility index (Phi) is 9.04. The Labute approximate surface area is 84.0 Å². The molecule has 1 atom stereocenters. The van der Waals surface area contributed by atoms with Crippen LogP contribution in [-0.2, 0) is 9.13 Å². The van der Waals surface area contributed by atoms with Crippen molar-refractivity contribution in [2.24, 2.45) is 5.73 Å². The van der Waals surface area contributed by atoms with E-state index in [0.29, 0.717) is 6.66 Å². The molecule has 0 aliphatic rings. The zero-order valence-corrected chi connectivity index (χ0v) is 10.2. The molecule has 8 heteroatoms. The van der Waals surface area contributed by atoms with Crippen molar-refractivity contribution in [1.82, 2.24) is 0 Å². The van der Waals surface area contributed by atoms with Gasteiger partial charge in [0.2, 0.25) is 0 Å². The lowest BCUT2D eigenvalue weighted by molar-refractivity contribution is 0.378. The highest BCUT2D eigenvalue weighted by atomic mass is 32.1. The third kappa shape index (κ3) is 10.4. The van der Waals surface area contributed by atoms with Gasteiger partial charge in [0.25, 0.3) is 0 Å². The van der Waals surface area contributed by atoms with Crippen LogP contribution in [0.1, 0.15) is 26.2 Å². The van der Waals surface area contributed by atoms with E-state index < -0.39 is 14.3 Å². The second kappa shape index (κ2) is 7.57. The largest absolute Gasteiger partial charge is 0.407 e. The maximum atomic E-state index is 10.0. The maximum Gasteiger partial charge on any atom is 0.407 e. The molecule has 88 valence electrons. The van der Waals surface area contributed by atoms with Crippen LogP contribution in [0, 0.1) is 0 Å². The van der Waals surface area contributed by atoms with Crippen LogP contribution >= 0.6 is 14.3 Å². The minimum Gasteiger partial charge on any atom is -0.336 e. The molecule has 0 rings (SSSR count). The highest BCUT2D eigenvalue weighted by Crippen LogP contribution is 2.71. The molecule has 0 heterocycles. The van der Waals surface area contributed by atoms with Gasteiger partial charge in [-0.05, 0) is 13.0 Å². The fourth-order valence-electron chi connectivity index (χ4n) is 0.394. The number of hydrogen-bond acceptors (Lipinski definition) is 3. The molecular weight excluding hydrogens is 228 g/mol. The Morgan fingerprint density at radius 3 is 1.57 bits per heavy atom. The molecule has 0 saturated heterocycles. The molecule has 0 bridgehead atoms. The van der Waals surface area contributed by atoms with Gasteiger partial charge in [-0.25, -0.2) is 4.57 Å². The second-order valence-corrected chi connectivity index (χ2v) is 9.33. The van der Waals surface area contributed by atoms with Gasteiger partial charge in [-0.3, -0.25) is 4.57 Å². The first kappa shape index (κ1) is 16.7. The van der Waals surface area contributed by atoms with Crippen LogP contribution in [0.25, 0.3) is 0 Å². The van der Waals surface area contributed by atoms with Gasteiger partial charge in [-0.15, -0.1) is 0 Å². The summed E-state index contributed by atoms with van der Waals surface area (Å²) < 4.78 is 19.9. The summed E-state index contributed by atoms with van der Waals surface area (Å²) in [7, 11) is -8.92. The van der Waals surface area contributed by atoms with Crippen LogP contribution < -0.4 is 5.73 Å². The number of hydrogen-bond donors (Lipinski definition) is 4. The van der Waals surface area contributed by atoms with E-state index in [1.807, 2.05) is 0 Å². The zero-order valence-electron chi connectivity index (χ0n) is 8.46. The van der Waals surface area contributed by atoms with Gasteiger partial charge < -0.3 is 20.4 Å². The first-order valence-electron chi connectivity index (χ1n) is 4.23. The SMILES string of the molecule is CCCCCN.CP(=O)(O)P(=O)(O)O. The Morgan fingerprint density at radius 2 is 1.50 bits per heavy atom. The van der Waals surface area contributed by atoms with Crippen LogP contribution in [0.4, 0.5) is 0 Å². The molecule has 1 unspecified atom stereocenters. The predicted molar refractivity (Wildman–Crippen MR) is 56.4 cm³/mol. The van der Waals surface area contributed by atoms with Gasteiger partial charge in [-0.2, -0.15) is 0 Å². The van der Waals surface area contributed by atoms with Gasteiger partial charge in [0.15, 0.2) is 0 Å². The summed E-state index contributed by atoms with van der Waals surface area (Å²) in [6, 6.07) is 0. The molecule has 0 aromatic heterocycles. The van der Waals surface area contributed by atoms with E-state index >= 15 is 0 Å². The Hall–Kier alpha value is 0.300. The lowest BCUT2D eigenvalue weighted by atomic mass is 10.3. The van der Waals surface area contributed by atoms with Crippen molar-refractivity contribution >= 4 is 14.3 Å². The minimum atomic E-state index is -4.74. The van der Waals surface area contributed by atoms with Gasteiger partial charge in [-0.1, -0.05) is 19.8 Å². The van der Waals surface area contributed by atoms with Gasteiger partial charge >= 0.3 is 14.3 Å². The van der Waals surface area contributed by atoms with Crippen molar-refractivity contribution in [2.75, 3.05) is 13.2 Å². The van der Waals surface area contributed by atoms with Crippen LogP contribution in [0.5, 0.6) is 0 Å². The molecule has 0 radical (unpaired) electrons. The fraction of sp³-hybridized carbons (Fsp3) is 1.00.